The third-order valence-electron chi connectivity index (χ3n) is 5.01. The van der Waals surface area contributed by atoms with Crippen LogP contribution in [0.2, 0.25) is 0 Å². The SMILES string of the molecule is CC1(C)[C@@H](c2ccccc2)[C@@H]1c1nc(-c2ccc(C(F)(F)F)nc2)no1.NS(=O)[O-]. The quantitative estimate of drug-likeness (QED) is 0.620. The highest BCUT2D eigenvalue weighted by molar-refractivity contribution is 7.76. The molecule has 30 heavy (non-hydrogen) atoms. The molecule has 160 valence electrons. The van der Waals surface area contributed by atoms with Crippen LogP contribution in [-0.4, -0.2) is 23.9 Å². The van der Waals surface area contributed by atoms with Gasteiger partial charge in [-0.2, -0.15) is 18.2 Å². The van der Waals surface area contributed by atoms with Crippen molar-refractivity contribution in [2.45, 2.75) is 31.9 Å². The van der Waals surface area contributed by atoms with Gasteiger partial charge in [-0.1, -0.05) is 49.3 Å². The van der Waals surface area contributed by atoms with Gasteiger partial charge in [-0.25, -0.2) is 0 Å². The Morgan fingerprint density at radius 2 is 1.77 bits per heavy atom. The minimum atomic E-state index is -4.47. The van der Waals surface area contributed by atoms with Crippen molar-refractivity contribution in [1.29, 1.82) is 0 Å². The smallest absolute Gasteiger partial charge is 0.433 e. The predicted octanol–water partition coefficient (Wildman–Crippen LogP) is 3.80. The highest BCUT2D eigenvalue weighted by Crippen LogP contribution is 2.69. The number of hydrogen-bond acceptors (Lipinski definition) is 6. The van der Waals surface area contributed by atoms with Crippen molar-refractivity contribution in [3.8, 4) is 11.4 Å². The largest absolute Gasteiger partial charge is 0.760 e. The molecule has 1 fully saturated rings. The molecule has 1 aliphatic rings. The van der Waals surface area contributed by atoms with Crippen LogP contribution in [0.1, 0.15) is 42.8 Å². The maximum Gasteiger partial charge on any atom is 0.433 e. The van der Waals surface area contributed by atoms with Crippen LogP contribution in [0.5, 0.6) is 0 Å². The molecular weight excluding hydrogens is 421 g/mol. The van der Waals surface area contributed by atoms with Crippen molar-refractivity contribution in [3.63, 3.8) is 0 Å². The summed E-state index contributed by atoms with van der Waals surface area (Å²) < 4.78 is 60.8. The summed E-state index contributed by atoms with van der Waals surface area (Å²) in [5.74, 6) is 1.09. The Bertz CT molecular complexity index is 1020. The Morgan fingerprint density at radius 1 is 1.13 bits per heavy atom. The van der Waals surface area contributed by atoms with Crippen molar-refractivity contribution in [2.24, 2.45) is 10.6 Å². The summed E-state index contributed by atoms with van der Waals surface area (Å²) in [6.07, 6.45) is -3.36. The summed E-state index contributed by atoms with van der Waals surface area (Å²) >= 11 is -2.36. The Balaban J connectivity index is 0.000000589. The van der Waals surface area contributed by atoms with E-state index in [0.717, 1.165) is 12.3 Å². The fourth-order valence-corrected chi connectivity index (χ4v) is 3.55. The highest BCUT2D eigenvalue weighted by atomic mass is 32.2. The zero-order valence-corrected chi connectivity index (χ0v) is 16.8. The van der Waals surface area contributed by atoms with E-state index in [1.807, 2.05) is 18.2 Å². The van der Waals surface area contributed by atoms with Crippen LogP contribution < -0.4 is 5.14 Å². The third-order valence-corrected chi connectivity index (χ3v) is 5.01. The molecule has 0 saturated heterocycles. The van der Waals surface area contributed by atoms with E-state index in [1.165, 1.54) is 11.6 Å². The molecule has 11 heteroatoms. The molecule has 7 nitrogen and oxygen atoms in total. The molecule has 0 bridgehead atoms. The molecular formula is C19H18F3N4O3S-. The maximum atomic E-state index is 12.6. The molecule has 2 heterocycles. The fraction of sp³-hybridized carbons (Fsp3) is 0.316. The lowest BCUT2D eigenvalue weighted by molar-refractivity contribution is -0.141. The van der Waals surface area contributed by atoms with E-state index in [-0.39, 0.29) is 23.1 Å². The zero-order chi connectivity index (χ0) is 22.1. The van der Waals surface area contributed by atoms with Gasteiger partial charge in [0.15, 0.2) is 0 Å². The number of pyridine rings is 1. The van der Waals surface area contributed by atoms with Crippen molar-refractivity contribution in [1.82, 2.24) is 15.1 Å². The molecule has 3 aromatic rings. The summed E-state index contributed by atoms with van der Waals surface area (Å²) in [5.41, 5.74) is 0.627. The van der Waals surface area contributed by atoms with Crippen LogP contribution in [-0.2, 0) is 17.4 Å². The van der Waals surface area contributed by atoms with Gasteiger partial charge in [0.1, 0.15) is 5.69 Å². The van der Waals surface area contributed by atoms with Crippen molar-refractivity contribution < 1.29 is 26.5 Å². The first-order chi connectivity index (χ1) is 14.0. The van der Waals surface area contributed by atoms with E-state index in [9.17, 15) is 13.2 Å². The minimum absolute atomic E-state index is 0.0243. The lowest BCUT2D eigenvalue weighted by atomic mass is 10.0. The molecule has 0 radical (unpaired) electrons. The standard InChI is InChI=1S/C19H16F3N3O.H3NO2S/c1-18(2)14(11-6-4-3-5-7-11)15(18)17-24-16(25-26-17)12-8-9-13(23-10-12)19(20,21)22;1-4(2)3/h3-10,14-15H,1-2H3;1H2,(H,2,3)/p-1/t14-,15+;/m0./s1. The molecule has 4 rings (SSSR count). The van der Waals surface area contributed by atoms with Crippen LogP contribution in [0.4, 0.5) is 13.2 Å². The van der Waals surface area contributed by atoms with Crippen molar-refractivity contribution in [2.75, 3.05) is 0 Å². The first kappa shape index (κ1) is 22.1. The van der Waals surface area contributed by atoms with Gasteiger partial charge >= 0.3 is 6.18 Å². The Morgan fingerprint density at radius 3 is 2.30 bits per heavy atom. The van der Waals surface area contributed by atoms with E-state index < -0.39 is 23.1 Å². The first-order valence-corrected chi connectivity index (χ1v) is 9.91. The predicted molar refractivity (Wildman–Crippen MR) is 101 cm³/mol. The number of rotatable bonds is 3. The van der Waals surface area contributed by atoms with E-state index in [0.29, 0.717) is 11.5 Å². The Hall–Kier alpha value is -2.63. The van der Waals surface area contributed by atoms with Gasteiger partial charge in [0.2, 0.25) is 11.7 Å². The molecule has 1 aromatic carbocycles. The molecule has 3 atom stereocenters. The number of halogens is 3. The average Bonchev–Trinajstić information content (AvgIpc) is 3.01. The number of aromatic nitrogens is 3. The fourth-order valence-electron chi connectivity index (χ4n) is 3.55. The molecule has 1 unspecified atom stereocenters. The summed E-state index contributed by atoms with van der Waals surface area (Å²) in [6, 6.07) is 12.3. The van der Waals surface area contributed by atoms with Crippen molar-refractivity contribution in [3.05, 3.63) is 65.8 Å². The van der Waals surface area contributed by atoms with Gasteiger partial charge in [-0.05, 0) is 23.1 Å². The van der Waals surface area contributed by atoms with Crippen LogP contribution in [0.3, 0.4) is 0 Å². The zero-order valence-electron chi connectivity index (χ0n) is 16.0. The molecule has 0 amide bonds. The highest BCUT2D eigenvalue weighted by Gasteiger charge is 2.61. The van der Waals surface area contributed by atoms with Gasteiger partial charge in [0.05, 0.1) is 5.92 Å². The van der Waals surface area contributed by atoms with Crippen LogP contribution in [0.25, 0.3) is 11.4 Å². The number of benzene rings is 1. The van der Waals surface area contributed by atoms with Gasteiger partial charge in [0, 0.05) is 28.9 Å². The van der Waals surface area contributed by atoms with E-state index in [4.69, 9.17) is 13.3 Å². The van der Waals surface area contributed by atoms with Crippen LogP contribution >= 0.6 is 0 Å². The molecule has 1 saturated carbocycles. The number of hydrogen-bond donors (Lipinski definition) is 1. The maximum absolute atomic E-state index is 12.6. The van der Waals surface area contributed by atoms with E-state index >= 15 is 0 Å². The van der Waals surface area contributed by atoms with Gasteiger partial charge in [0.25, 0.3) is 0 Å². The molecule has 0 aliphatic heterocycles. The average molecular weight is 439 g/mol. The van der Waals surface area contributed by atoms with Crippen molar-refractivity contribution >= 4 is 11.3 Å². The van der Waals surface area contributed by atoms with E-state index in [2.05, 4.69) is 46.2 Å². The molecule has 1 aliphatic carbocycles. The normalized spacial score (nSPS) is 20.8. The second-order valence-electron chi connectivity index (χ2n) is 7.33. The first-order valence-electron chi connectivity index (χ1n) is 8.77. The topological polar surface area (TPSA) is 118 Å². The van der Waals surface area contributed by atoms with Crippen LogP contribution in [0, 0.1) is 5.41 Å². The lowest BCUT2D eigenvalue weighted by Crippen LogP contribution is -2.07. The summed E-state index contributed by atoms with van der Waals surface area (Å²) in [7, 11) is 0. The lowest BCUT2D eigenvalue weighted by Gasteiger charge is -2.04. The monoisotopic (exact) mass is 439 g/mol. The summed E-state index contributed by atoms with van der Waals surface area (Å²) in [4.78, 5) is 7.85. The molecule has 2 aromatic heterocycles. The van der Waals surface area contributed by atoms with E-state index in [1.54, 1.807) is 0 Å². The second-order valence-corrected chi connectivity index (χ2v) is 7.85. The van der Waals surface area contributed by atoms with Gasteiger partial charge in [-0.15, -0.1) is 0 Å². The number of nitrogens with two attached hydrogens (primary N) is 1. The van der Waals surface area contributed by atoms with Crippen LogP contribution in [0.15, 0.2) is 53.2 Å². The minimum Gasteiger partial charge on any atom is -0.760 e. The molecule has 0 spiro atoms. The number of nitrogens with zero attached hydrogens (tertiary/aromatic N) is 3. The van der Waals surface area contributed by atoms with Gasteiger partial charge < -0.3 is 9.08 Å². The summed E-state index contributed by atoms with van der Waals surface area (Å²) in [6.45, 7) is 4.28. The Labute approximate surface area is 172 Å². The second kappa shape index (κ2) is 8.25. The Kier molecular flexibility index (Phi) is 6.06. The molecule has 2 N–H and O–H groups in total. The third kappa shape index (κ3) is 4.74. The number of alkyl halides is 3. The van der Waals surface area contributed by atoms with Gasteiger partial charge in [-0.3, -0.25) is 14.3 Å². The summed E-state index contributed by atoms with van der Waals surface area (Å²) in [5, 5.41) is 7.95.